The van der Waals surface area contributed by atoms with Crippen LogP contribution in [0.5, 0.6) is 5.75 Å². The maximum atomic E-state index is 10.6. The average molecular weight is 234 g/mol. The predicted molar refractivity (Wildman–Crippen MR) is 68.1 cm³/mol. The van der Waals surface area contributed by atoms with Gasteiger partial charge in [0, 0.05) is 0 Å². The van der Waals surface area contributed by atoms with Gasteiger partial charge >= 0.3 is 5.97 Å². The monoisotopic (exact) mass is 234 g/mol. The van der Waals surface area contributed by atoms with Crippen LogP contribution in [0, 0.1) is 13.8 Å². The van der Waals surface area contributed by atoms with Crippen molar-refractivity contribution in [3.63, 3.8) is 0 Å². The molecule has 0 spiro atoms. The van der Waals surface area contributed by atoms with E-state index in [1.807, 2.05) is 20.8 Å². The van der Waals surface area contributed by atoms with Crippen molar-refractivity contribution in [1.29, 1.82) is 0 Å². The van der Waals surface area contributed by atoms with Crippen molar-refractivity contribution >= 4 is 11.5 Å². The predicted octanol–water partition coefficient (Wildman–Crippen LogP) is 3.28. The van der Waals surface area contributed by atoms with E-state index in [0.717, 1.165) is 28.7 Å². The van der Waals surface area contributed by atoms with E-state index in [1.54, 1.807) is 18.2 Å². The minimum absolute atomic E-state index is 0.0307. The largest absolute Gasteiger partial charge is 0.508 e. The number of carboxylic acids is 1. The van der Waals surface area contributed by atoms with Crippen molar-refractivity contribution in [2.75, 3.05) is 0 Å². The molecule has 3 nitrogen and oxygen atoms in total. The Kier molecular flexibility index (Phi) is 4.32. The fourth-order valence-electron chi connectivity index (χ4n) is 2.08. The zero-order chi connectivity index (χ0) is 13.0. The number of benzene rings is 1. The van der Waals surface area contributed by atoms with Crippen LogP contribution >= 0.6 is 0 Å². The first-order valence-electron chi connectivity index (χ1n) is 5.67. The quantitative estimate of drug-likeness (QED) is 0.840. The van der Waals surface area contributed by atoms with E-state index in [4.69, 9.17) is 5.11 Å². The molecule has 0 fully saturated rings. The number of hydrogen-bond acceptors (Lipinski definition) is 2. The number of carboxylic acid groups (broad SMARTS) is 1. The van der Waals surface area contributed by atoms with Gasteiger partial charge in [-0.25, -0.2) is 0 Å². The number of aliphatic carboxylic acids is 1. The first-order valence-corrected chi connectivity index (χ1v) is 5.67. The van der Waals surface area contributed by atoms with Gasteiger partial charge in [-0.15, -0.1) is 0 Å². The highest BCUT2D eigenvalue weighted by Gasteiger charge is 2.09. The molecule has 1 aromatic carbocycles. The molecule has 0 aliphatic rings. The Bertz CT molecular complexity index is 436. The second-order valence-corrected chi connectivity index (χ2v) is 4.14. The van der Waals surface area contributed by atoms with E-state index in [-0.39, 0.29) is 12.2 Å². The molecule has 0 aliphatic carbocycles. The lowest BCUT2D eigenvalue weighted by Gasteiger charge is -2.13. The first-order chi connectivity index (χ1) is 7.95. The van der Waals surface area contributed by atoms with Gasteiger partial charge < -0.3 is 10.2 Å². The van der Waals surface area contributed by atoms with Crippen molar-refractivity contribution in [3.05, 3.63) is 34.9 Å². The third-order valence-corrected chi connectivity index (χ3v) is 2.74. The van der Waals surface area contributed by atoms with Crippen LogP contribution in [0.15, 0.2) is 18.2 Å². The molecular formula is C14H18O3. The molecule has 0 aromatic heterocycles. The molecule has 0 atom stereocenters. The lowest BCUT2D eigenvalue weighted by molar-refractivity contribution is -0.135. The van der Waals surface area contributed by atoms with E-state index in [1.165, 1.54) is 0 Å². The summed E-state index contributed by atoms with van der Waals surface area (Å²) in [5.41, 5.74) is 4.01. The SMILES string of the molecule is CC/C(=C\CC(=O)O)c1c(C)cc(O)cc1C. The van der Waals surface area contributed by atoms with Gasteiger partial charge in [-0.05, 0) is 54.7 Å². The average Bonchev–Trinajstić information content (AvgIpc) is 2.21. The van der Waals surface area contributed by atoms with Gasteiger partial charge in [0.25, 0.3) is 0 Å². The Morgan fingerprint density at radius 3 is 2.24 bits per heavy atom. The third kappa shape index (κ3) is 3.34. The van der Waals surface area contributed by atoms with Crippen LogP contribution in [-0.2, 0) is 4.79 Å². The molecular weight excluding hydrogens is 216 g/mol. The van der Waals surface area contributed by atoms with Crippen LogP contribution in [0.1, 0.15) is 36.5 Å². The van der Waals surface area contributed by atoms with Gasteiger partial charge in [0.15, 0.2) is 0 Å². The number of phenols is 1. The van der Waals surface area contributed by atoms with Crippen LogP contribution in [0.4, 0.5) is 0 Å². The minimum atomic E-state index is -0.829. The second kappa shape index (κ2) is 5.53. The van der Waals surface area contributed by atoms with Crippen LogP contribution < -0.4 is 0 Å². The van der Waals surface area contributed by atoms with Crippen molar-refractivity contribution in [2.24, 2.45) is 0 Å². The Labute approximate surface area is 101 Å². The highest BCUT2D eigenvalue weighted by molar-refractivity contribution is 5.76. The molecule has 0 radical (unpaired) electrons. The number of aryl methyl sites for hydroxylation is 2. The summed E-state index contributed by atoms with van der Waals surface area (Å²) in [6.07, 6.45) is 2.55. The molecule has 0 saturated heterocycles. The molecule has 0 unspecified atom stereocenters. The molecule has 0 heterocycles. The molecule has 1 rings (SSSR count). The normalized spacial score (nSPS) is 11.6. The Hall–Kier alpha value is -1.77. The van der Waals surface area contributed by atoms with Crippen molar-refractivity contribution < 1.29 is 15.0 Å². The smallest absolute Gasteiger partial charge is 0.307 e. The van der Waals surface area contributed by atoms with Crippen molar-refractivity contribution in [1.82, 2.24) is 0 Å². The fourth-order valence-corrected chi connectivity index (χ4v) is 2.08. The van der Waals surface area contributed by atoms with Crippen LogP contribution in [0.2, 0.25) is 0 Å². The maximum absolute atomic E-state index is 10.6. The number of phenolic OH excluding ortho intramolecular Hbond substituents is 1. The lowest BCUT2D eigenvalue weighted by atomic mass is 9.93. The van der Waals surface area contributed by atoms with Crippen LogP contribution in [0.25, 0.3) is 5.57 Å². The van der Waals surface area contributed by atoms with Gasteiger partial charge in [-0.3, -0.25) is 4.79 Å². The summed E-state index contributed by atoms with van der Waals surface area (Å²) >= 11 is 0. The molecule has 17 heavy (non-hydrogen) atoms. The van der Waals surface area contributed by atoms with E-state index in [0.29, 0.717) is 0 Å². The maximum Gasteiger partial charge on any atom is 0.307 e. The van der Waals surface area contributed by atoms with Gasteiger partial charge in [0.05, 0.1) is 6.42 Å². The fraction of sp³-hybridized carbons (Fsp3) is 0.357. The Morgan fingerprint density at radius 1 is 1.29 bits per heavy atom. The van der Waals surface area contributed by atoms with Gasteiger partial charge in [-0.1, -0.05) is 13.0 Å². The number of carbonyl (C=O) groups is 1. The van der Waals surface area contributed by atoms with Crippen LogP contribution in [-0.4, -0.2) is 16.2 Å². The third-order valence-electron chi connectivity index (χ3n) is 2.74. The second-order valence-electron chi connectivity index (χ2n) is 4.14. The molecule has 0 amide bonds. The molecule has 3 heteroatoms. The standard InChI is InChI=1S/C14H18O3/c1-4-11(5-6-13(16)17)14-9(2)7-12(15)8-10(14)3/h5,7-8,15H,4,6H2,1-3H3,(H,16,17)/b11-5+. The van der Waals surface area contributed by atoms with Crippen LogP contribution in [0.3, 0.4) is 0 Å². The zero-order valence-corrected chi connectivity index (χ0v) is 10.4. The summed E-state index contributed by atoms with van der Waals surface area (Å²) in [6.45, 7) is 5.85. The highest BCUT2D eigenvalue weighted by Crippen LogP contribution is 2.29. The summed E-state index contributed by atoms with van der Waals surface area (Å²) in [4.78, 5) is 10.6. The summed E-state index contributed by atoms with van der Waals surface area (Å²) in [7, 11) is 0. The van der Waals surface area contributed by atoms with Gasteiger partial charge in [0.1, 0.15) is 5.75 Å². The number of hydrogen-bond donors (Lipinski definition) is 2. The number of aromatic hydroxyl groups is 1. The summed E-state index contributed by atoms with van der Waals surface area (Å²) in [6, 6.07) is 3.40. The zero-order valence-electron chi connectivity index (χ0n) is 10.4. The highest BCUT2D eigenvalue weighted by atomic mass is 16.4. The Balaban J connectivity index is 3.21. The molecule has 92 valence electrons. The molecule has 0 aliphatic heterocycles. The van der Waals surface area contributed by atoms with E-state index >= 15 is 0 Å². The summed E-state index contributed by atoms with van der Waals surface area (Å²) in [5, 5.41) is 18.2. The van der Waals surface area contributed by atoms with Crippen molar-refractivity contribution in [2.45, 2.75) is 33.6 Å². The van der Waals surface area contributed by atoms with Gasteiger partial charge in [0.2, 0.25) is 0 Å². The Morgan fingerprint density at radius 2 is 1.82 bits per heavy atom. The number of rotatable bonds is 4. The minimum Gasteiger partial charge on any atom is -0.508 e. The lowest BCUT2D eigenvalue weighted by Crippen LogP contribution is -1.96. The van der Waals surface area contributed by atoms with Gasteiger partial charge in [-0.2, -0.15) is 0 Å². The van der Waals surface area contributed by atoms with E-state index in [9.17, 15) is 9.90 Å². The first kappa shape index (κ1) is 13.3. The molecule has 1 aromatic rings. The summed E-state index contributed by atoms with van der Waals surface area (Å²) < 4.78 is 0. The van der Waals surface area contributed by atoms with E-state index in [2.05, 4.69) is 0 Å². The molecule has 0 bridgehead atoms. The van der Waals surface area contributed by atoms with Crippen molar-refractivity contribution in [3.8, 4) is 5.75 Å². The molecule has 2 N–H and O–H groups in total. The molecule has 0 saturated carbocycles. The topological polar surface area (TPSA) is 57.5 Å². The number of allylic oxidation sites excluding steroid dienone is 1. The van der Waals surface area contributed by atoms with E-state index < -0.39 is 5.97 Å². The summed E-state index contributed by atoms with van der Waals surface area (Å²) in [5.74, 6) is -0.581.